The first-order valence-corrected chi connectivity index (χ1v) is 17.7. The minimum Gasteiger partial charge on any atom is -0.354 e. The number of rotatable bonds is 22. The van der Waals surface area contributed by atoms with Gasteiger partial charge < -0.3 is 5.32 Å². The monoisotopic (exact) mass is 600 g/mol. The summed E-state index contributed by atoms with van der Waals surface area (Å²) in [5.41, 5.74) is 0. The van der Waals surface area contributed by atoms with Crippen molar-refractivity contribution in [3.63, 3.8) is 0 Å². The SMILES string of the molecule is CCCCCCCCS(=O)(=O)[N+](F)(CC)c1nc(NCC)nc([N+](F)(CC)S(=O)(=O)CCCCCCCC)n1. The number of halogens is 2. The zero-order chi connectivity index (χ0) is 29.6. The maximum atomic E-state index is 16.3. The van der Waals surface area contributed by atoms with Crippen molar-refractivity contribution in [2.75, 3.05) is 36.5 Å². The molecule has 1 aromatic rings. The van der Waals surface area contributed by atoms with Crippen LogP contribution >= 0.6 is 0 Å². The maximum Gasteiger partial charge on any atom is 0.394 e. The molecule has 1 rings (SSSR count). The van der Waals surface area contributed by atoms with Crippen LogP contribution in [0.3, 0.4) is 0 Å². The summed E-state index contributed by atoms with van der Waals surface area (Å²) < 4.78 is 81.0. The van der Waals surface area contributed by atoms with Gasteiger partial charge in [0.2, 0.25) is 5.95 Å². The molecule has 0 saturated heterocycles. The Balaban J connectivity index is 3.36. The third-order valence-electron chi connectivity index (χ3n) is 6.75. The normalized spacial score (nSPS) is 15.6. The third kappa shape index (κ3) is 9.53. The van der Waals surface area contributed by atoms with Gasteiger partial charge in [-0.05, 0) is 33.6 Å². The van der Waals surface area contributed by atoms with Crippen LogP contribution in [0.25, 0.3) is 0 Å². The molecule has 0 aliphatic carbocycles. The van der Waals surface area contributed by atoms with Gasteiger partial charge in [0.1, 0.15) is 24.6 Å². The van der Waals surface area contributed by atoms with E-state index in [2.05, 4.69) is 34.1 Å². The number of nitrogens with zero attached hydrogens (tertiary/aromatic N) is 5. The fraction of sp³-hybridized carbons (Fsp3) is 0.880. The Bertz CT molecular complexity index is 1000. The summed E-state index contributed by atoms with van der Waals surface area (Å²) in [4.78, 5) is 11.7. The van der Waals surface area contributed by atoms with E-state index >= 15 is 8.96 Å². The Morgan fingerprint density at radius 1 is 0.590 bits per heavy atom. The van der Waals surface area contributed by atoms with Gasteiger partial charge in [0.05, 0.1) is 0 Å². The van der Waals surface area contributed by atoms with Crippen molar-refractivity contribution >= 4 is 37.9 Å². The second kappa shape index (κ2) is 16.7. The van der Waals surface area contributed by atoms with Gasteiger partial charge in [-0.2, -0.15) is 16.8 Å². The molecule has 0 saturated carbocycles. The maximum absolute atomic E-state index is 16.3. The molecule has 0 spiro atoms. The summed E-state index contributed by atoms with van der Waals surface area (Å²) >= 11 is 0. The molecular weight excluding hydrogens is 550 g/mol. The Labute approximate surface area is 234 Å². The highest BCUT2D eigenvalue weighted by molar-refractivity contribution is 7.91. The summed E-state index contributed by atoms with van der Waals surface area (Å²) in [5.74, 6) is -2.88. The van der Waals surface area contributed by atoms with Crippen molar-refractivity contribution in [3.8, 4) is 0 Å². The Morgan fingerprint density at radius 2 is 0.949 bits per heavy atom. The summed E-state index contributed by atoms with van der Waals surface area (Å²) in [6.45, 7) is 7.61. The second-order valence-electron chi connectivity index (χ2n) is 9.83. The van der Waals surface area contributed by atoms with Crippen molar-refractivity contribution < 1.29 is 25.8 Å². The number of anilines is 1. The third-order valence-corrected chi connectivity index (χ3v) is 11.0. The van der Waals surface area contributed by atoms with Crippen LogP contribution in [-0.2, 0) is 20.0 Å². The minimum atomic E-state index is -4.47. The molecule has 1 N–H and O–H groups in total. The standard InChI is InChI=1S/C25H50F2N6O4S2/c1-6-11-13-15-17-19-21-38(34,35)32(26,9-4)24-29-23(28-8-3)30-25(31-24)33(27,10-5)39(36,37)22-20-18-16-14-12-7-2/h6-22H2,1-5H3,(H,28,29,30,31)/q+2. The zero-order valence-corrected chi connectivity index (χ0v) is 26.1. The van der Waals surface area contributed by atoms with Gasteiger partial charge in [-0.15, -0.1) is 9.97 Å². The van der Waals surface area contributed by atoms with E-state index in [9.17, 15) is 16.8 Å². The fourth-order valence-corrected chi connectivity index (χ4v) is 7.40. The molecule has 1 aromatic heterocycles. The number of hydrogen-bond donors (Lipinski definition) is 1. The molecule has 0 radical (unpaired) electrons. The number of hydrogen-bond acceptors (Lipinski definition) is 8. The van der Waals surface area contributed by atoms with Crippen LogP contribution in [0.1, 0.15) is 112 Å². The van der Waals surface area contributed by atoms with E-state index in [0.29, 0.717) is 12.8 Å². The lowest BCUT2D eigenvalue weighted by atomic mass is 10.1. The van der Waals surface area contributed by atoms with E-state index in [4.69, 9.17) is 0 Å². The van der Waals surface area contributed by atoms with Gasteiger partial charge >= 0.3 is 31.9 Å². The van der Waals surface area contributed by atoms with Gasteiger partial charge in [0, 0.05) is 23.7 Å². The van der Waals surface area contributed by atoms with Gasteiger partial charge in [0.15, 0.2) is 0 Å². The van der Waals surface area contributed by atoms with E-state index in [1.54, 1.807) is 6.92 Å². The molecule has 1 heterocycles. The highest BCUT2D eigenvalue weighted by atomic mass is 32.2. The molecule has 14 heteroatoms. The molecule has 0 aromatic carbocycles. The van der Waals surface area contributed by atoms with Crippen LogP contribution in [-0.4, -0.2) is 62.9 Å². The molecule has 0 aliphatic rings. The van der Waals surface area contributed by atoms with Gasteiger partial charge in [-0.3, -0.25) is 0 Å². The van der Waals surface area contributed by atoms with Crippen molar-refractivity contribution in [1.29, 1.82) is 0 Å². The lowest BCUT2D eigenvalue weighted by Gasteiger charge is -2.24. The summed E-state index contributed by atoms with van der Waals surface area (Å²) in [5, 5.41) is 2.72. The predicted molar refractivity (Wildman–Crippen MR) is 155 cm³/mol. The number of quaternary nitrogens is 2. The molecule has 39 heavy (non-hydrogen) atoms. The fourth-order valence-electron chi connectivity index (χ4n) is 4.23. The van der Waals surface area contributed by atoms with Crippen molar-refractivity contribution in [2.45, 2.75) is 112 Å². The van der Waals surface area contributed by atoms with Gasteiger partial charge in [-0.25, -0.2) is 0 Å². The minimum absolute atomic E-state index is 0.259. The molecule has 0 bridgehead atoms. The van der Waals surface area contributed by atoms with E-state index in [1.807, 2.05) is 0 Å². The molecule has 2 atom stereocenters. The van der Waals surface area contributed by atoms with Gasteiger partial charge in [0.25, 0.3) is 0 Å². The first kappa shape index (κ1) is 35.5. The van der Waals surface area contributed by atoms with Crippen LogP contribution in [0, 0.1) is 0 Å². The Hall–Kier alpha value is -1.51. The quantitative estimate of drug-likeness (QED) is 0.125. The van der Waals surface area contributed by atoms with Crippen LogP contribution in [0.4, 0.5) is 26.8 Å². The Kier molecular flexibility index (Phi) is 15.2. The number of nitrogens with one attached hydrogen (secondary N) is 1. The lowest BCUT2D eigenvalue weighted by molar-refractivity contribution is 0.127. The first-order chi connectivity index (χ1) is 18.4. The average molecular weight is 601 g/mol. The molecular formula is C25H50F2N6O4S2+2. The average Bonchev–Trinajstić information content (AvgIpc) is 2.91. The molecule has 0 fully saturated rings. The molecule has 228 valence electrons. The highest BCUT2D eigenvalue weighted by Crippen LogP contribution is 2.33. The first-order valence-electron chi connectivity index (χ1n) is 14.5. The van der Waals surface area contributed by atoms with E-state index in [0.717, 1.165) is 51.4 Å². The van der Waals surface area contributed by atoms with Gasteiger partial charge in [-0.1, -0.05) is 83.0 Å². The molecule has 2 unspecified atom stereocenters. The smallest absolute Gasteiger partial charge is 0.354 e. The number of aromatic nitrogens is 3. The van der Waals surface area contributed by atoms with E-state index < -0.39 is 64.8 Å². The predicted octanol–water partition coefficient (Wildman–Crippen LogP) is 6.11. The lowest BCUT2D eigenvalue weighted by Crippen LogP contribution is -2.51. The zero-order valence-electron chi connectivity index (χ0n) is 24.5. The van der Waals surface area contributed by atoms with Crippen molar-refractivity contribution in [1.82, 2.24) is 23.2 Å². The van der Waals surface area contributed by atoms with E-state index in [-0.39, 0.29) is 25.3 Å². The number of sulfonamides is 2. The topological polar surface area (TPSA) is 119 Å². The van der Waals surface area contributed by atoms with Crippen LogP contribution < -0.4 is 13.5 Å². The van der Waals surface area contributed by atoms with E-state index in [1.165, 1.54) is 13.8 Å². The highest BCUT2D eigenvalue weighted by Gasteiger charge is 2.53. The Morgan fingerprint density at radius 3 is 1.28 bits per heavy atom. The van der Waals surface area contributed by atoms with Crippen LogP contribution in [0.2, 0.25) is 0 Å². The van der Waals surface area contributed by atoms with Crippen LogP contribution in [0.5, 0.6) is 0 Å². The van der Waals surface area contributed by atoms with Crippen LogP contribution in [0.15, 0.2) is 0 Å². The second-order valence-corrected chi connectivity index (χ2v) is 14.1. The summed E-state index contributed by atoms with van der Waals surface area (Å²) in [6.07, 6.45) is 9.63. The largest absolute Gasteiger partial charge is 0.394 e. The number of unbranched alkanes of at least 4 members (excludes halogenated alkanes) is 10. The molecule has 10 nitrogen and oxygen atoms in total. The van der Waals surface area contributed by atoms with Crippen molar-refractivity contribution in [2.24, 2.45) is 0 Å². The molecule has 0 amide bonds. The summed E-state index contributed by atoms with van der Waals surface area (Å²) in [7, 11) is -8.94. The molecule has 0 aliphatic heterocycles. The van der Waals surface area contributed by atoms with Crippen molar-refractivity contribution in [3.05, 3.63) is 0 Å². The summed E-state index contributed by atoms with van der Waals surface area (Å²) in [6, 6.07) is 0.